The molecule has 1 atom stereocenters. The van der Waals surface area contributed by atoms with Gasteiger partial charge < -0.3 is 5.32 Å². The van der Waals surface area contributed by atoms with E-state index < -0.39 is 49.2 Å². The Morgan fingerprint density at radius 3 is 2.46 bits per heavy atom. The van der Waals surface area contributed by atoms with Gasteiger partial charge in [-0.25, -0.2) is 8.42 Å². The van der Waals surface area contributed by atoms with E-state index in [4.69, 9.17) is 11.6 Å². The van der Waals surface area contributed by atoms with Crippen LogP contribution in [0.3, 0.4) is 0 Å². The number of sulfonamides is 1. The summed E-state index contributed by atoms with van der Waals surface area (Å²) in [5.74, 6) is -0.286. The third kappa shape index (κ3) is 4.65. The monoisotopic (exact) mass is 430 g/mol. The van der Waals surface area contributed by atoms with Crippen LogP contribution in [0.25, 0.3) is 0 Å². The Bertz CT molecular complexity index is 807. The molecule has 0 spiro atoms. The van der Waals surface area contributed by atoms with Gasteiger partial charge in [0.1, 0.15) is 6.04 Å². The van der Waals surface area contributed by atoms with Crippen molar-refractivity contribution >= 4 is 39.3 Å². The molecule has 1 aliphatic rings. The zero-order valence-corrected chi connectivity index (χ0v) is 16.6. The summed E-state index contributed by atoms with van der Waals surface area (Å²) < 4.78 is 65.6. The molecule has 2 rings (SSSR count). The lowest BCUT2D eigenvalue weighted by Gasteiger charge is -2.27. The van der Waals surface area contributed by atoms with E-state index in [0.717, 1.165) is 16.4 Å². The average molecular weight is 431 g/mol. The van der Waals surface area contributed by atoms with E-state index in [2.05, 4.69) is 5.32 Å². The lowest BCUT2D eigenvalue weighted by Crippen LogP contribution is -2.52. The molecule has 11 heteroatoms. The van der Waals surface area contributed by atoms with E-state index in [9.17, 15) is 26.4 Å². The molecule has 1 fully saturated rings. The Kier molecular flexibility index (Phi) is 5.92. The Morgan fingerprint density at radius 2 is 1.92 bits per heavy atom. The summed E-state index contributed by atoms with van der Waals surface area (Å²) in [6, 6.07) is 1.41. The molecule has 146 valence electrons. The highest BCUT2D eigenvalue weighted by atomic mass is 35.5. The van der Waals surface area contributed by atoms with Crippen LogP contribution < -0.4 is 5.32 Å². The zero-order chi connectivity index (χ0) is 19.9. The van der Waals surface area contributed by atoms with Crippen LogP contribution in [0.5, 0.6) is 0 Å². The Morgan fingerprint density at radius 1 is 1.31 bits per heavy atom. The number of hydrogen-bond acceptors (Lipinski definition) is 4. The summed E-state index contributed by atoms with van der Waals surface area (Å²) in [5.41, 5.74) is -1.80. The van der Waals surface area contributed by atoms with Gasteiger partial charge in [0.2, 0.25) is 15.9 Å². The molecule has 1 saturated heterocycles. The van der Waals surface area contributed by atoms with Crippen molar-refractivity contribution in [3.05, 3.63) is 28.8 Å². The van der Waals surface area contributed by atoms with Crippen LogP contribution in [0.4, 0.5) is 13.2 Å². The molecule has 0 radical (unpaired) electrons. The van der Waals surface area contributed by atoms with Crippen LogP contribution in [0, 0.1) is 0 Å². The predicted octanol–water partition coefficient (Wildman–Crippen LogP) is 3.34. The van der Waals surface area contributed by atoms with Crippen molar-refractivity contribution in [1.82, 2.24) is 9.62 Å². The van der Waals surface area contributed by atoms with Crippen molar-refractivity contribution in [3.8, 4) is 0 Å². The SMILES string of the molecule is CC(C)(C)NC(=O)[C@H]1CSCN1S(=O)(=O)c1ccc(Cl)c(C(F)(F)F)c1. The highest BCUT2D eigenvalue weighted by Gasteiger charge is 2.42. The number of halogens is 4. The summed E-state index contributed by atoms with van der Waals surface area (Å²) in [6.45, 7) is 5.25. The Hall–Kier alpha value is -0.970. The first-order chi connectivity index (χ1) is 11.7. The van der Waals surface area contributed by atoms with Gasteiger partial charge in [-0.2, -0.15) is 17.5 Å². The van der Waals surface area contributed by atoms with Crippen LogP contribution in [0.2, 0.25) is 5.02 Å². The second kappa shape index (κ2) is 7.21. The molecule has 1 amide bonds. The summed E-state index contributed by atoms with van der Waals surface area (Å²) >= 11 is 6.76. The van der Waals surface area contributed by atoms with Crippen molar-refractivity contribution < 1.29 is 26.4 Å². The van der Waals surface area contributed by atoms with Crippen LogP contribution in [-0.2, 0) is 21.0 Å². The lowest BCUT2D eigenvalue weighted by molar-refractivity contribution is -0.137. The highest BCUT2D eigenvalue weighted by Crippen LogP contribution is 2.37. The van der Waals surface area contributed by atoms with Crippen LogP contribution in [0.1, 0.15) is 26.3 Å². The van der Waals surface area contributed by atoms with Gasteiger partial charge in [-0.15, -0.1) is 11.8 Å². The number of nitrogens with zero attached hydrogens (tertiary/aromatic N) is 1. The van der Waals surface area contributed by atoms with Crippen molar-refractivity contribution in [2.75, 3.05) is 11.6 Å². The van der Waals surface area contributed by atoms with E-state index >= 15 is 0 Å². The standard InChI is InChI=1S/C15H18ClF3N2O3S2/c1-14(2,3)20-13(22)12-7-25-8-21(12)26(23,24)9-4-5-11(16)10(6-9)15(17,18)19/h4-6,12H,7-8H2,1-3H3,(H,20,22)/t12-/m1/s1. The van der Waals surface area contributed by atoms with E-state index in [1.165, 1.54) is 11.8 Å². The van der Waals surface area contributed by atoms with Gasteiger partial charge in [-0.05, 0) is 39.0 Å². The first-order valence-corrected chi connectivity index (χ1v) is 10.5. The van der Waals surface area contributed by atoms with Gasteiger partial charge in [0, 0.05) is 11.3 Å². The van der Waals surface area contributed by atoms with Crippen LogP contribution in [0.15, 0.2) is 23.1 Å². The number of hydrogen-bond donors (Lipinski definition) is 1. The van der Waals surface area contributed by atoms with E-state index in [0.29, 0.717) is 6.07 Å². The molecule has 1 aliphatic heterocycles. The molecule has 0 unspecified atom stereocenters. The third-order valence-corrected chi connectivity index (χ3v) is 6.85. The smallest absolute Gasteiger partial charge is 0.350 e. The molecule has 5 nitrogen and oxygen atoms in total. The minimum atomic E-state index is -4.79. The maximum Gasteiger partial charge on any atom is 0.417 e. The predicted molar refractivity (Wildman–Crippen MR) is 94.5 cm³/mol. The van der Waals surface area contributed by atoms with E-state index in [1.54, 1.807) is 20.8 Å². The van der Waals surface area contributed by atoms with E-state index in [-0.39, 0.29) is 11.6 Å². The van der Waals surface area contributed by atoms with Crippen molar-refractivity contribution in [1.29, 1.82) is 0 Å². The second-order valence-electron chi connectivity index (χ2n) is 6.79. The molecule has 26 heavy (non-hydrogen) atoms. The minimum absolute atomic E-state index is 0.0193. The molecule has 0 aliphatic carbocycles. The van der Waals surface area contributed by atoms with Gasteiger partial charge in [0.05, 0.1) is 21.4 Å². The largest absolute Gasteiger partial charge is 0.417 e. The van der Waals surface area contributed by atoms with Crippen LogP contribution >= 0.6 is 23.4 Å². The van der Waals surface area contributed by atoms with Crippen LogP contribution in [-0.4, -0.2) is 41.8 Å². The Labute approximate surface area is 159 Å². The normalized spacial score (nSPS) is 19.6. The molecule has 1 aromatic carbocycles. The summed E-state index contributed by atoms with van der Waals surface area (Å²) in [5, 5.41) is 2.11. The van der Waals surface area contributed by atoms with E-state index in [1.807, 2.05) is 0 Å². The van der Waals surface area contributed by atoms with Gasteiger partial charge in [-0.1, -0.05) is 11.6 Å². The molecular formula is C15H18ClF3N2O3S2. The number of rotatable bonds is 3. The highest BCUT2D eigenvalue weighted by molar-refractivity contribution is 8.00. The molecule has 1 aromatic rings. The third-order valence-electron chi connectivity index (χ3n) is 3.49. The fourth-order valence-electron chi connectivity index (χ4n) is 2.34. The zero-order valence-electron chi connectivity index (χ0n) is 14.2. The second-order valence-corrected chi connectivity index (χ2v) is 10.1. The quantitative estimate of drug-likeness (QED) is 0.798. The van der Waals surface area contributed by atoms with Crippen molar-refractivity contribution in [2.45, 2.75) is 43.4 Å². The molecular weight excluding hydrogens is 413 g/mol. The summed E-state index contributed by atoms with van der Waals surface area (Å²) in [4.78, 5) is 11.8. The molecule has 1 N–H and O–H groups in total. The molecule has 0 bridgehead atoms. The maximum absolute atomic E-state index is 13.0. The number of nitrogens with one attached hydrogen (secondary N) is 1. The number of carbonyl (C=O) groups is 1. The number of thioether (sulfide) groups is 1. The first kappa shape index (κ1) is 21.3. The van der Waals surface area contributed by atoms with Gasteiger partial charge in [-0.3, -0.25) is 4.79 Å². The average Bonchev–Trinajstić information content (AvgIpc) is 2.94. The summed E-state index contributed by atoms with van der Waals surface area (Å²) in [7, 11) is -4.29. The van der Waals surface area contributed by atoms with Crippen molar-refractivity contribution in [3.63, 3.8) is 0 Å². The Balaban J connectivity index is 2.39. The number of amides is 1. The molecule has 1 heterocycles. The number of carbonyl (C=O) groups excluding carboxylic acids is 1. The van der Waals surface area contributed by atoms with Crippen molar-refractivity contribution in [2.24, 2.45) is 0 Å². The topological polar surface area (TPSA) is 66.5 Å². The number of alkyl halides is 3. The van der Waals surface area contributed by atoms with Gasteiger partial charge in [0.25, 0.3) is 0 Å². The minimum Gasteiger partial charge on any atom is -0.350 e. The molecule has 0 saturated carbocycles. The maximum atomic E-state index is 13.0. The van der Waals surface area contributed by atoms with Gasteiger partial charge in [0.15, 0.2) is 0 Å². The lowest BCUT2D eigenvalue weighted by atomic mass is 10.1. The summed E-state index contributed by atoms with van der Waals surface area (Å²) in [6.07, 6.45) is -4.79. The number of benzene rings is 1. The molecule has 0 aromatic heterocycles. The fraction of sp³-hybridized carbons (Fsp3) is 0.533. The fourth-order valence-corrected chi connectivity index (χ4v) is 5.74. The first-order valence-electron chi connectivity index (χ1n) is 7.52. The van der Waals surface area contributed by atoms with Gasteiger partial charge >= 0.3 is 6.18 Å².